The minimum Gasteiger partial charge on any atom is -0.349 e. The molecule has 0 aliphatic carbocycles. The summed E-state index contributed by atoms with van der Waals surface area (Å²) < 4.78 is 87.3. The van der Waals surface area contributed by atoms with Gasteiger partial charge in [-0.3, -0.25) is 9.52 Å². The third-order valence-electron chi connectivity index (χ3n) is 5.06. The molecular formula is C19H16ClF4N5O4S. The number of halogens is 5. The normalized spacial score (nSPS) is 15.0. The van der Waals surface area contributed by atoms with Crippen molar-refractivity contribution < 1.29 is 30.7 Å². The maximum atomic E-state index is 15.1. The number of rotatable bonds is 7. The lowest BCUT2D eigenvalue weighted by Gasteiger charge is -2.37. The molecule has 34 heavy (non-hydrogen) atoms. The number of aromatic nitrogens is 2. The summed E-state index contributed by atoms with van der Waals surface area (Å²) in [5, 5.41) is 1.69. The van der Waals surface area contributed by atoms with Crippen LogP contribution in [0.1, 0.15) is 0 Å². The molecule has 1 aliphatic rings. The Morgan fingerprint density at radius 2 is 1.85 bits per heavy atom. The quantitative estimate of drug-likeness (QED) is 0.463. The number of nitrogens with one attached hydrogen (secondary N) is 2. The second-order valence-electron chi connectivity index (χ2n) is 7.33. The Morgan fingerprint density at radius 3 is 2.53 bits per heavy atom. The summed E-state index contributed by atoms with van der Waals surface area (Å²) in [4.78, 5) is 16.3. The van der Waals surface area contributed by atoms with Gasteiger partial charge in [0.05, 0.1) is 40.0 Å². The van der Waals surface area contributed by atoms with Gasteiger partial charge >= 0.3 is 16.8 Å². The molecule has 9 nitrogen and oxygen atoms in total. The second kappa shape index (κ2) is 9.02. The Kier molecular flexibility index (Phi) is 6.42. The van der Waals surface area contributed by atoms with Crippen molar-refractivity contribution in [3.63, 3.8) is 0 Å². The molecule has 1 aromatic heterocycles. The topological polar surface area (TPSA) is 106 Å². The largest absolute Gasteiger partial charge is 0.349 e. The van der Waals surface area contributed by atoms with E-state index in [0.29, 0.717) is 0 Å². The van der Waals surface area contributed by atoms with Crippen LogP contribution >= 0.6 is 11.6 Å². The van der Waals surface area contributed by atoms with Gasteiger partial charge in [-0.05, 0) is 24.3 Å². The Labute approximate surface area is 195 Å². The van der Waals surface area contributed by atoms with E-state index in [1.807, 2.05) is 0 Å². The molecule has 0 amide bonds. The maximum absolute atomic E-state index is 15.1. The zero-order valence-corrected chi connectivity index (χ0v) is 18.8. The molecule has 2 N–H and O–H groups in total. The molecule has 2 aromatic carbocycles. The summed E-state index contributed by atoms with van der Waals surface area (Å²) in [5.74, 6) is -1.93. The van der Waals surface area contributed by atoms with Crippen molar-refractivity contribution in [2.75, 3.05) is 23.1 Å². The second-order valence-corrected chi connectivity index (χ2v) is 9.38. The van der Waals surface area contributed by atoms with Gasteiger partial charge in [0.25, 0.3) is 5.56 Å². The van der Waals surface area contributed by atoms with Crippen LogP contribution in [0.15, 0.2) is 35.4 Å². The number of aryl methyl sites for hydroxylation is 1. The van der Waals surface area contributed by atoms with Gasteiger partial charge in [0.15, 0.2) is 5.82 Å². The summed E-state index contributed by atoms with van der Waals surface area (Å²) in [6.07, 6.45) is 0.263. The van der Waals surface area contributed by atoms with E-state index in [4.69, 9.17) is 11.6 Å². The van der Waals surface area contributed by atoms with Gasteiger partial charge in [0, 0.05) is 20.1 Å². The molecule has 15 heteroatoms. The van der Waals surface area contributed by atoms with E-state index < -0.39 is 50.8 Å². The van der Waals surface area contributed by atoms with Crippen LogP contribution in [0.25, 0.3) is 10.9 Å². The van der Waals surface area contributed by atoms with Crippen molar-refractivity contribution in [2.24, 2.45) is 7.05 Å². The minimum atomic E-state index is -4.22. The van der Waals surface area contributed by atoms with Crippen molar-refractivity contribution in [2.45, 2.75) is 12.7 Å². The van der Waals surface area contributed by atoms with Crippen molar-refractivity contribution in [3.05, 3.63) is 57.6 Å². The van der Waals surface area contributed by atoms with Gasteiger partial charge < -0.3 is 14.6 Å². The van der Waals surface area contributed by atoms with Crippen molar-refractivity contribution >= 4 is 49.8 Å². The van der Waals surface area contributed by atoms with Gasteiger partial charge in [-0.25, -0.2) is 13.8 Å². The molecule has 0 bridgehead atoms. The summed E-state index contributed by atoms with van der Waals surface area (Å²) in [7, 11) is -2.83. The predicted molar refractivity (Wildman–Crippen MR) is 117 cm³/mol. The van der Waals surface area contributed by atoms with Gasteiger partial charge in [-0.15, -0.1) is 0 Å². The van der Waals surface area contributed by atoms with E-state index in [0.717, 1.165) is 21.0 Å². The number of hydrogen-bond donors (Lipinski definition) is 2. The zero-order chi connectivity index (χ0) is 24.8. The van der Waals surface area contributed by atoms with Crippen LogP contribution in [0, 0.1) is 11.6 Å². The minimum absolute atomic E-state index is 0.0860. The average Bonchev–Trinajstić information content (AvgIpc) is 2.73. The molecule has 2 heterocycles. The first-order valence-electron chi connectivity index (χ1n) is 9.58. The highest BCUT2D eigenvalue weighted by Gasteiger charge is 2.38. The molecule has 3 aromatic rings. The molecule has 182 valence electrons. The standard InChI is InChI=1S/C19H16ClF4N5O4S/c1-28-8-25-11-4-5-13(16(22)14(11)18(28)30)26-17-10(21)2-3-12(15(17)20)27-34(31,32)29-6-9(7-29)33-19(23)24/h2-5,8-9,19,26-27H,6-7H2,1H3. The smallest absolute Gasteiger partial charge is 0.345 e. The summed E-state index contributed by atoms with van der Waals surface area (Å²) in [6.45, 7) is -3.65. The number of benzene rings is 2. The highest BCUT2D eigenvalue weighted by molar-refractivity contribution is 7.90. The third kappa shape index (κ3) is 4.53. The Bertz CT molecular complexity index is 1430. The van der Waals surface area contributed by atoms with Crippen LogP contribution in [0.3, 0.4) is 0 Å². The molecular weight excluding hydrogens is 506 g/mol. The van der Waals surface area contributed by atoms with Crippen molar-refractivity contribution in [1.29, 1.82) is 0 Å². The molecule has 0 unspecified atom stereocenters. The van der Waals surface area contributed by atoms with Crippen molar-refractivity contribution in [1.82, 2.24) is 13.9 Å². The van der Waals surface area contributed by atoms with Gasteiger partial charge in [-0.1, -0.05) is 11.6 Å². The SMILES string of the molecule is Cn1cnc2ccc(Nc3c(F)ccc(NS(=O)(=O)N4CC(OC(F)F)C4)c3Cl)c(F)c2c1=O. The average molecular weight is 522 g/mol. The number of anilines is 3. The first-order chi connectivity index (χ1) is 16.0. The van der Waals surface area contributed by atoms with Crippen molar-refractivity contribution in [3.8, 4) is 0 Å². The van der Waals surface area contributed by atoms with E-state index in [1.165, 1.54) is 25.5 Å². The number of nitrogens with zero attached hydrogens (tertiary/aromatic N) is 3. The molecule has 1 aliphatic heterocycles. The molecule has 0 saturated carbocycles. The van der Waals surface area contributed by atoms with Crippen LogP contribution in [0.4, 0.5) is 34.6 Å². The molecule has 0 radical (unpaired) electrons. The van der Waals surface area contributed by atoms with Gasteiger partial charge in [-0.2, -0.15) is 21.5 Å². The van der Waals surface area contributed by atoms with E-state index in [9.17, 15) is 26.4 Å². The van der Waals surface area contributed by atoms with E-state index >= 15 is 4.39 Å². The first-order valence-corrected chi connectivity index (χ1v) is 11.4. The molecule has 0 atom stereocenters. The Balaban J connectivity index is 1.61. The van der Waals surface area contributed by atoms with Gasteiger partial charge in [0.1, 0.15) is 11.2 Å². The number of alkyl halides is 2. The lowest BCUT2D eigenvalue weighted by atomic mass is 10.2. The summed E-state index contributed by atoms with van der Waals surface area (Å²) in [6, 6.07) is 4.51. The predicted octanol–water partition coefficient (Wildman–Crippen LogP) is 3.19. The fraction of sp³-hybridized carbons (Fsp3) is 0.263. The van der Waals surface area contributed by atoms with Crippen LogP contribution in [-0.4, -0.2) is 48.1 Å². The highest BCUT2D eigenvalue weighted by Crippen LogP contribution is 2.37. The fourth-order valence-corrected chi connectivity index (χ4v) is 4.87. The molecule has 1 saturated heterocycles. The van der Waals surface area contributed by atoms with Gasteiger partial charge in [0.2, 0.25) is 0 Å². The lowest BCUT2D eigenvalue weighted by Crippen LogP contribution is -2.56. The molecule has 1 fully saturated rings. The Hall–Kier alpha value is -2.94. The summed E-state index contributed by atoms with van der Waals surface area (Å²) in [5.41, 5.74) is -1.58. The fourth-order valence-electron chi connectivity index (χ4n) is 3.26. The van der Waals surface area contributed by atoms with E-state index in [2.05, 4.69) is 19.8 Å². The zero-order valence-electron chi connectivity index (χ0n) is 17.2. The number of ether oxygens (including phenoxy) is 1. The lowest BCUT2D eigenvalue weighted by molar-refractivity contribution is -0.185. The first kappa shape index (κ1) is 24.2. The molecule has 4 rings (SSSR count). The number of fused-ring (bicyclic) bond motifs is 1. The highest BCUT2D eigenvalue weighted by atomic mass is 35.5. The Morgan fingerprint density at radius 1 is 1.18 bits per heavy atom. The van der Waals surface area contributed by atoms with Crippen LogP contribution in [0.2, 0.25) is 5.02 Å². The number of hydrogen-bond acceptors (Lipinski definition) is 6. The van der Waals surface area contributed by atoms with E-state index in [1.54, 1.807) is 0 Å². The van der Waals surface area contributed by atoms with Crippen LogP contribution < -0.4 is 15.6 Å². The molecule has 0 spiro atoms. The summed E-state index contributed by atoms with van der Waals surface area (Å²) >= 11 is 6.19. The maximum Gasteiger partial charge on any atom is 0.345 e. The van der Waals surface area contributed by atoms with Crippen LogP contribution in [0.5, 0.6) is 0 Å². The third-order valence-corrected chi connectivity index (χ3v) is 6.91. The monoisotopic (exact) mass is 521 g/mol. The van der Waals surface area contributed by atoms with Crippen LogP contribution in [-0.2, 0) is 22.0 Å². The van der Waals surface area contributed by atoms with E-state index in [-0.39, 0.29) is 35.4 Å².